The largest absolute Gasteiger partial charge is 0.330 e. The fourth-order valence-electron chi connectivity index (χ4n) is 0.887. The molecule has 0 aromatic rings. The fourth-order valence-corrected chi connectivity index (χ4v) is 0.887. The van der Waals surface area contributed by atoms with Gasteiger partial charge in [-0.05, 0) is 26.6 Å². The molecule has 0 radical (unpaired) electrons. The van der Waals surface area contributed by atoms with Gasteiger partial charge in [0.05, 0.1) is 0 Å². The van der Waals surface area contributed by atoms with Gasteiger partial charge in [-0.15, -0.1) is 0 Å². The van der Waals surface area contributed by atoms with E-state index in [-0.39, 0.29) is 0 Å². The molecular weight excluding hydrogens is 136 g/mol. The first-order chi connectivity index (χ1) is 5.20. The van der Waals surface area contributed by atoms with Gasteiger partial charge in [0.25, 0.3) is 0 Å². The highest BCUT2D eigenvalue weighted by molar-refractivity contribution is 4.59. The Hall–Kier alpha value is -0.0800. The molecule has 0 fully saturated rings. The zero-order chi connectivity index (χ0) is 9.28. The first-order valence-electron chi connectivity index (χ1n) is 4.55. The van der Waals surface area contributed by atoms with Gasteiger partial charge in [0.15, 0.2) is 0 Å². The second kappa shape index (κ2) is 9.92. The van der Waals surface area contributed by atoms with Crippen molar-refractivity contribution in [3.63, 3.8) is 0 Å². The van der Waals surface area contributed by atoms with E-state index in [1.54, 1.807) is 0 Å². The van der Waals surface area contributed by atoms with Gasteiger partial charge in [-0.2, -0.15) is 0 Å². The van der Waals surface area contributed by atoms with Gasteiger partial charge in [0.1, 0.15) is 0 Å². The summed E-state index contributed by atoms with van der Waals surface area (Å²) in [4.78, 5) is 2.18. The van der Waals surface area contributed by atoms with Crippen LogP contribution in [0.5, 0.6) is 0 Å². The smallest absolute Gasteiger partial charge is 0.00155 e. The van der Waals surface area contributed by atoms with Crippen molar-refractivity contribution in [1.29, 1.82) is 0 Å². The molecule has 0 aliphatic carbocycles. The minimum atomic E-state index is 0.681. The Balaban J connectivity index is 0. The van der Waals surface area contributed by atoms with Crippen molar-refractivity contribution >= 4 is 0 Å². The first kappa shape index (κ1) is 13.5. The highest BCUT2D eigenvalue weighted by atomic mass is 15.1. The summed E-state index contributed by atoms with van der Waals surface area (Å²) in [5.74, 6) is 0.681. The van der Waals surface area contributed by atoms with E-state index in [9.17, 15) is 0 Å². The Morgan fingerprint density at radius 2 is 1.73 bits per heavy atom. The molecule has 0 aromatic heterocycles. The molecule has 0 aromatic carbocycles. The van der Waals surface area contributed by atoms with Crippen LogP contribution in [0.2, 0.25) is 0 Å². The molecule has 0 aliphatic heterocycles. The third-order valence-electron chi connectivity index (χ3n) is 1.53. The zero-order valence-electron chi connectivity index (χ0n) is 8.72. The monoisotopic (exact) mass is 160 g/mol. The predicted molar refractivity (Wildman–Crippen MR) is 52.7 cm³/mol. The van der Waals surface area contributed by atoms with E-state index < -0.39 is 0 Å². The van der Waals surface area contributed by atoms with Crippen molar-refractivity contribution < 1.29 is 0 Å². The normalized spacial score (nSPS) is 12.3. The minimum absolute atomic E-state index is 0.681. The van der Waals surface area contributed by atoms with Crippen LogP contribution in [0.3, 0.4) is 0 Å². The lowest BCUT2D eigenvalue weighted by atomic mass is 10.1. The van der Waals surface area contributed by atoms with Crippen LogP contribution in [0.15, 0.2) is 0 Å². The van der Waals surface area contributed by atoms with Crippen LogP contribution < -0.4 is 5.73 Å². The van der Waals surface area contributed by atoms with Crippen molar-refractivity contribution in [2.45, 2.75) is 27.2 Å². The molecule has 70 valence electrons. The van der Waals surface area contributed by atoms with Gasteiger partial charge in [-0.1, -0.05) is 27.2 Å². The average Bonchev–Trinajstić information content (AvgIpc) is 2.03. The van der Waals surface area contributed by atoms with Crippen LogP contribution >= 0.6 is 0 Å². The SMILES string of the molecule is CC.CCC(CN)CN(C)C. The number of hydrogen-bond donors (Lipinski definition) is 1. The number of nitrogens with two attached hydrogens (primary N) is 1. The third-order valence-corrected chi connectivity index (χ3v) is 1.53. The van der Waals surface area contributed by atoms with Gasteiger partial charge in [0, 0.05) is 6.54 Å². The molecule has 1 atom stereocenters. The van der Waals surface area contributed by atoms with Crippen molar-refractivity contribution in [1.82, 2.24) is 4.90 Å². The summed E-state index contributed by atoms with van der Waals surface area (Å²) in [6.07, 6.45) is 1.19. The Morgan fingerprint density at radius 1 is 1.27 bits per heavy atom. The van der Waals surface area contributed by atoms with E-state index in [1.807, 2.05) is 13.8 Å². The summed E-state index contributed by atoms with van der Waals surface area (Å²) in [5.41, 5.74) is 5.50. The number of hydrogen-bond acceptors (Lipinski definition) is 2. The van der Waals surface area contributed by atoms with Crippen molar-refractivity contribution in [3.8, 4) is 0 Å². The molecule has 0 bridgehead atoms. The van der Waals surface area contributed by atoms with Crippen LogP contribution in [-0.4, -0.2) is 32.1 Å². The van der Waals surface area contributed by atoms with Gasteiger partial charge >= 0.3 is 0 Å². The average molecular weight is 160 g/mol. The highest BCUT2D eigenvalue weighted by Gasteiger charge is 2.02. The molecule has 0 saturated heterocycles. The third kappa shape index (κ3) is 9.92. The lowest BCUT2D eigenvalue weighted by Crippen LogP contribution is -2.26. The molecule has 0 amide bonds. The predicted octanol–water partition coefficient (Wildman–Crippen LogP) is 1.56. The lowest BCUT2D eigenvalue weighted by Gasteiger charge is -2.16. The second-order valence-electron chi connectivity index (χ2n) is 2.77. The fraction of sp³-hybridized carbons (Fsp3) is 1.00. The van der Waals surface area contributed by atoms with E-state index in [0.717, 1.165) is 13.1 Å². The minimum Gasteiger partial charge on any atom is -0.330 e. The van der Waals surface area contributed by atoms with E-state index in [4.69, 9.17) is 5.73 Å². The van der Waals surface area contributed by atoms with Crippen molar-refractivity contribution in [2.24, 2.45) is 11.7 Å². The quantitative estimate of drug-likeness (QED) is 0.676. The molecule has 2 nitrogen and oxygen atoms in total. The Morgan fingerprint density at radius 3 is 1.82 bits per heavy atom. The summed E-state index contributed by atoms with van der Waals surface area (Å²) in [6, 6.07) is 0. The van der Waals surface area contributed by atoms with Crippen molar-refractivity contribution in [3.05, 3.63) is 0 Å². The lowest BCUT2D eigenvalue weighted by molar-refractivity contribution is 0.323. The van der Waals surface area contributed by atoms with Gasteiger partial charge in [0.2, 0.25) is 0 Å². The van der Waals surface area contributed by atoms with E-state index in [2.05, 4.69) is 25.9 Å². The van der Waals surface area contributed by atoms with Gasteiger partial charge in [-0.3, -0.25) is 0 Å². The molecule has 0 spiro atoms. The van der Waals surface area contributed by atoms with Crippen LogP contribution in [0.4, 0.5) is 0 Å². The number of nitrogens with zero attached hydrogens (tertiary/aromatic N) is 1. The standard InChI is InChI=1S/C7H18N2.C2H6/c1-4-7(5-8)6-9(2)3;1-2/h7H,4-6,8H2,1-3H3;1-2H3. The molecule has 0 saturated carbocycles. The molecule has 1 unspecified atom stereocenters. The molecule has 11 heavy (non-hydrogen) atoms. The number of rotatable bonds is 4. The maximum absolute atomic E-state index is 5.50. The topological polar surface area (TPSA) is 29.3 Å². The van der Waals surface area contributed by atoms with Gasteiger partial charge < -0.3 is 10.6 Å². The van der Waals surface area contributed by atoms with Crippen LogP contribution in [-0.2, 0) is 0 Å². The van der Waals surface area contributed by atoms with Crippen LogP contribution in [0.1, 0.15) is 27.2 Å². The molecular formula is C9H24N2. The Labute approximate surface area is 71.8 Å². The molecule has 0 aliphatic rings. The van der Waals surface area contributed by atoms with Gasteiger partial charge in [-0.25, -0.2) is 0 Å². The summed E-state index contributed by atoms with van der Waals surface area (Å²) in [7, 11) is 4.16. The van der Waals surface area contributed by atoms with Crippen molar-refractivity contribution in [2.75, 3.05) is 27.2 Å². The molecule has 0 rings (SSSR count). The van der Waals surface area contributed by atoms with E-state index in [1.165, 1.54) is 6.42 Å². The maximum Gasteiger partial charge on any atom is 0.00155 e. The summed E-state index contributed by atoms with van der Waals surface area (Å²) < 4.78 is 0. The Kier molecular flexibility index (Phi) is 12.2. The van der Waals surface area contributed by atoms with Crippen LogP contribution in [0.25, 0.3) is 0 Å². The molecule has 2 heteroatoms. The summed E-state index contributed by atoms with van der Waals surface area (Å²) >= 11 is 0. The van der Waals surface area contributed by atoms with Crippen LogP contribution in [0, 0.1) is 5.92 Å². The highest BCUT2D eigenvalue weighted by Crippen LogP contribution is 1.99. The zero-order valence-corrected chi connectivity index (χ0v) is 8.72. The second-order valence-corrected chi connectivity index (χ2v) is 2.77. The summed E-state index contributed by atoms with van der Waals surface area (Å²) in [5, 5.41) is 0. The van der Waals surface area contributed by atoms with E-state index in [0.29, 0.717) is 5.92 Å². The Bertz CT molecular complexity index is 58.6. The molecule has 2 N–H and O–H groups in total. The molecule has 0 heterocycles. The maximum atomic E-state index is 5.50. The first-order valence-corrected chi connectivity index (χ1v) is 4.55. The summed E-state index contributed by atoms with van der Waals surface area (Å²) in [6.45, 7) is 8.11. The van der Waals surface area contributed by atoms with E-state index >= 15 is 0 Å².